The lowest BCUT2D eigenvalue weighted by Crippen LogP contribution is -2.30. The normalized spacial score (nSPS) is 16.3. The van der Waals surface area contributed by atoms with Crippen molar-refractivity contribution < 1.29 is 4.79 Å². The summed E-state index contributed by atoms with van der Waals surface area (Å²) in [5.74, 6) is 0.00202. The van der Waals surface area contributed by atoms with Gasteiger partial charge in [-0.2, -0.15) is 0 Å². The van der Waals surface area contributed by atoms with E-state index in [4.69, 9.17) is 5.73 Å². The van der Waals surface area contributed by atoms with Crippen LogP contribution >= 0.6 is 0 Å². The summed E-state index contributed by atoms with van der Waals surface area (Å²) >= 11 is 0. The zero-order chi connectivity index (χ0) is 13.2. The molecule has 0 heterocycles. The lowest BCUT2D eigenvalue weighted by atomic mass is 10.00. The fourth-order valence-electron chi connectivity index (χ4n) is 2.48. The second kappa shape index (κ2) is 5.01. The summed E-state index contributed by atoms with van der Waals surface area (Å²) in [5.41, 5.74) is 8.45. The van der Waals surface area contributed by atoms with Gasteiger partial charge in [-0.3, -0.25) is 4.79 Å². The summed E-state index contributed by atoms with van der Waals surface area (Å²) in [6, 6.07) is 5.49. The summed E-state index contributed by atoms with van der Waals surface area (Å²) in [5, 5.41) is 3.06. The zero-order valence-corrected chi connectivity index (χ0v) is 11.3. The van der Waals surface area contributed by atoms with Crippen LogP contribution in [0.1, 0.15) is 48.5 Å². The topological polar surface area (TPSA) is 55.1 Å². The van der Waals surface area contributed by atoms with Gasteiger partial charge in [0.15, 0.2) is 0 Å². The Hall–Kier alpha value is -1.51. The monoisotopic (exact) mass is 246 g/mol. The molecule has 1 fully saturated rings. The third-order valence-electron chi connectivity index (χ3n) is 3.98. The lowest BCUT2D eigenvalue weighted by Gasteiger charge is -2.16. The standard InChI is InChI=1S/C15H22N2O/c1-3-7-15(8-9-15)10-17-14(18)12-5-4-6-13(16)11(12)2/h4-6H,3,7-10,16H2,1-2H3,(H,17,18). The summed E-state index contributed by atoms with van der Waals surface area (Å²) in [6.07, 6.45) is 4.89. The number of nitrogens with one attached hydrogen (secondary N) is 1. The van der Waals surface area contributed by atoms with Gasteiger partial charge in [-0.1, -0.05) is 19.4 Å². The number of benzene rings is 1. The van der Waals surface area contributed by atoms with Gasteiger partial charge in [0.25, 0.3) is 5.91 Å². The molecule has 98 valence electrons. The quantitative estimate of drug-likeness (QED) is 0.785. The van der Waals surface area contributed by atoms with E-state index in [-0.39, 0.29) is 5.91 Å². The minimum absolute atomic E-state index is 0.00202. The summed E-state index contributed by atoms with van der Waals surface area (Å²) in [6.45, 7) is 4.89. The van der Waals surface area contributed by atoms with Gasteiger partial charge in [-0.05, 0) is 49.3 Å². The van der Waals surface area contributed by atoms with Crippen LogP contribution in [0.5, 0.6) is 0 Å². The van der Waals surface area contributed by atoms with Crippen molar-refractivity contribution in [1.29, 1.82) is 0 Å². The molecule has 3 N–H and O–H groups in total. The van der Waals surface area contributed by atoms with Gasteiger partial charge in [0, 0.05) is 17.8 Å². The first kappa shape index (κ1) is 12.9. The molecule has 2 rings (SSSR count). The minimum atomic E-state index is 0.00202. The second-order valence-corrected chi connectivity index (χ2v) is 5.45. The molecule has 0 spiro atoms. The lowest BCUT2D eigenvalue weighted by molar-refractivity contribution is 0.0943. The first-order valence-electron chi connectivity index (χ1n) is 6.71. The van der Waals surface area contributed by atoms with Crippen LogP contribution in [0.3, 0.4) is 0 Å². The maximum atomic E-state index is 12.1. The molecule has 0 atom stereocenters. The zero-order valence-electron chi connectivity index (χ0n) is 11.3. The van der Waals surface area contributed by atoms with Crippen molar-refractivity contribution >= 4 is 11.6 Å². The van der Waals surface area contributed by atoms with Crippen LogP contribution in [-0.4, -0.2) is 12.5 Å². The number of hydrogen-bond acceptors (Lipinski definition) is 2. The molecular weight excluding hydrogens is 224 g/mol. The SMILES string of the molecule is CCCC1(CNC(=O)c2cccc(N)c2C)CC1. The molecule has 3 nitrogen and oxygen atoms in total. The van der Waals surface area contributed by atoms with Crippen molar-refractivity contribution in [2.24, 2.45) is 5.41 Å². The Morgan fingerprint density at radius 2 is 2.17 bits per heavy atom. The van der Waals surface area contributed by atoms with Crippen molar-refractivity contribution in [1.82, 2.24) is 5.32 Å². The van der Waals surface area contributed by atoms with E-state index in [0.29, 0.717) is 16.7 Å². The first-order chi connectivity index (χ1) is 8.58. The Morgan fingerprint density at radius 1 is 1.44 bits per heavy atom. The molecule has 0 radical (unpaired) electrons. The highest BCUT2D eigenvalue weighted by Gasteiger charge is 2.41. The van der Waals surface area contributed by atoms with Crippen molar-refractivity contribution in [3.63, 3.8) is 0 Å². The second-order valence-electron chi connectivity index (χ2n) is 5.45. The molecule has 1 saturated carbocycles. The molecule has 18 heavy (non-hydrogen) atoms. The molecule has 1 aliphatic rings. The van der Waals surface area contributed by atoms with Crippen molar-refractivity contribution in [2.75, 3.05) is 12.3 Å². The van der Waals surface area contributed by atoms with Crippen molar-refractivity contribution in [3.05, 3.63) is 29.3 Å². The van der Waals surface area contributed by atoms with Crippen LogP contribution in [0.4, 0.5) is 5.69 Å². The third-order valence-corrected chi connectivity index (χ3v) is 3.98. The molecular formula is C15H22N2O. The number of carbonyl (C=O) groups excluding carboxylic acids is 1. The Labute approximate surface area is 109 Å². The number of carbonyl (C=O) groups is 1. The first-order valence-corrected chi connectivity index (χ1v) is 6.71. The Bertz CT molecular complexity index is 450. The van der Waals surface area contributed by atoms with E-state index in [1.165, 1.54) is 25.7 Å². The van der Waals surface area contributed by atoms with Crippen LogP contribution in [0.15, 0.2) is 18.2 Å². The van der Waals surface area contributed by atoms with Gasteiger partial charge in [-0.15, -0.1) is 0 Å². The van der Waals surface area contributed by atoms with Crippen molar-refractivity contribution in [3.8, 4) is 0 Å². The average Bonchev–Trinajstić information content (AvgIpc) is 3.11. The number of rotatable bonds is 5. The van der Waals surface area contributed by atoms with E-state index >= 15 is 0 Å². The van der Waals surface area contributed by atoms with E-state index in [0.717, 1.165) is 12.1 Å². The number of hydrogen-bond donors (Lipinski definition) is 2. The van der Waals surface area contributed by atoms with Crippen LogP contribution in [0.25, 0.3) is 0 Å². The Kier molecular flexibility index (Phi) is 3.60. The van der Waals surface area contributed by atoms with Crippen molar-refractivity contribution in [2.45, 2.75) is 39.5 Å². The molecule has 0 unspecified atom stereocenters. The van der Waals surface area contributed by atoms with Crippen LogP contribution in [-0.2, 0) is 0 Å². The molecule has 1 aromatic rings. The maximum Gasteiger partial charge on any atom is 0.251 e. The number of amides is 1. The van der Waals surface area contributed by atoms with E-state index in [1.54, 1.807) is 0 Å². The van der Waals surface area contributed by atoms with Gasteiger partial charge in [0.2, 0.25) is 0 Å². The number of nitrogens with two attached hydrogens (primary N) is 1. The van der Waals surface area contributed by atoms with Gasteiger partial charge in [0.1, 0.15) is 0 Å². The van der Waals surface area contributed by atoms with E-state index in [1.807, 2.05) is 25.1 Å². The molecule has 0 bridgehead atoms. The van der Waals surface area contributed by atoms with Gasteiger partial charge in [0.05, 0.1) is 0 Å². The number of nitrogen functional groups attached to an aromatic ring is 1. The van der Waals surface area contributed by atoms with Gasteiger partial charge in [-0.25, -0.2) is 0 Å². The highest BCUT2D eigenvalue weighted by molar-refractivity contribution is 5.96. The maximum absolute atomic E-state index is 12.1. The van der Waals surface area contributed by atoms with Crippen LogP contribution < -0.4 is 11.1 Å². The van der Waals surface area contributed by atoms with Crippen LogP contribution in [0, 0.1) is 12.3 Å². The van der Waals surface area contributed by atoms with Gasteiger partial charge < -0.3 is 11.1 Å². The smallest absolute Gasteiger partial charge is 0.251 e. The van der Waals surface area contributed by atoms with E-state index in [9.17, 15) is 4.79 Å². The van der Waals surface area contributed by atoms with E-state index in [2.05, 4.69) is 12.2 Å². The highest BCUT2D eigenvalue weighted by Crippen LogP contribution is 2.48. The number of anilines is 1. The fourth-order valence-corrected chi connectivity index (χ4v) is 2.48. The summed E-state index contributed by atoms with van der Waals surface area (Å²) < 4.78 is 0. The Morgan fingerprint density at radius 3 is 2.78 bits per heavy atom. The average molecular weight is 246 g/mol. The Balaban J connectivity index is 1.98. The highest BCUT2D eigenvalue weighted by atomic mass is 16.1. The molecule has 1 aromatic carbocycles. The summed E-state index contributed by atoms with van der Waals surface area (Å²) in [4.78, 5) is 12.1. The molecule has 1 amide bonds. The molecule has 0 saturated heterocycles. The molecule has 0 aromatic heterocycles. The predicted molar refractivity (Wildman–Crippen MR) is 74.5 cm³/mol. The predicted octanol–water partition coefficient (Wildman–Crippen LogP) is 2.89. The minimum Gasteiger partial charge on any atom is -0.398 e. The van der Waals surface area contributed by atoms with Crippen LogP contribution in [0.2, 0.25) is 0 Å². The third kappa shape index (κ3) is 2.66. The largest absolute Gasteiger partial charge is 0.398 e. The molecule has 3 heteroatoms. The van der Waals surface area contributed by atoms with Gasteiger partial charge >= 0.3 is 0 Å². The summed E-state index contributed by atoms with van der Waals surface area (Å²) in [7, 11) is 0. The molecule has 1 aliphatic carbocycles. The fraction of sp³-hybridized carbons (Fsp3) is 0.533. The molecule has 0 aliphatic heterocycles. The van der Waals surface area contributed by atoms with E-state index < -0.39 is 0 Å².